The van der Waals surface area contributed by atoms with E-state index in [1.165, 1.54) is 0 Å². The molecule has 6 heteroatoms. The van der Waals surface area contributed by atoms with Crippen molar-refractivity contribution in [2.45, 2.75) is 12.8 Å². The quantitative estimate of drug-likeness (QED) is 0.543. The average Bonchev–Trinajstić information content (AvgIpc) is 2.25. The number of hydrogen-bond donors (Lipinski definition) is 3. The largest absolute Gasteiger partial charge is 0.389 e. The van der Waals surface area contributed by atoms with Crippen LogP contribution in [0.1, 0.15) is 18.4 Å². The highest BCUT2D eigenvalue weighted by Gasteiger charge is 2.05. The first-order valence-electron chi connectivity index (χ1n) is 5.12. The number of hydrogen-bond acceptors (Lipinski definition) is 3. The minimum atomic E-state index is -0.308. The molecule has 0 spiro atoms. The number of amides is 1. The second-order valence-electron chi connectivity index (χ2n) is 3.55. The standard InChI is InChI=1S/C11H14ClN3OS/c12-7-3-4-9(8(6-7)11(14)17)15-5-1-2-10(13)16/h3-4,6,15H,1-2,5H2,(H2,13,16)(H2,14,17). The fourth-order valence-corrected chi connectivity index (χ4v) is 1.70. The van der Waals surface area contributed by atoms with E-state index in [9.17, 15) is 4.79 Å². The lowest BCUT2D eigenvalue weighted by atomic mass is 10.1. The van der Waals surface area contributed by atoms with Crippen molar-refractivity contribution in [2.75, 3.05) is 11.9 Å². The summed E-state index contributed by atoms with van der Waals surface area (Å²) in [6.07, 6.45) is 1.01. The lowest BCUT2D eigenvalue weighted by Gasteiger charge is -2.11. The van der Waals surface area contributed by atoms with E-state index in [4.69, 9.17) is 35.3 Å². The zero-order chi connectivity index (χ0) is 12.8. The zero-order valence-corrected chi connectivity index (χ0v) is 10.8. The van der Waals surface area contributed by atoms with Crippen LogP contribution in [-0.4, -0.2) is 17.4 Å². The zero-order valence-electron chi connectivity index (χ0n) is 9.20. The molecular weight excluding hydrogens is 258 g/mol. The van der Waals surface area contributed by atoms with Crippen LogP contribution in [0.15, 0.2) is 18.2 Å². The molecule has 5 N–H and O–H groups in total. The van der Waals surface area contributed by atoms with E-state index in [0.29, 0.717) is 30.0 Å². The number of nitrogens with two attached hydrogens (primary N) is 2. The van der Waals surface area contributed by atoms with Crippen LogP contribution < -0.4 is 16.8 Å². The summed E-state index contributed by atoms with van der Waals surface area (Å²) in [4.78, 5) is 10.8. The molecular formula is C11H14ClN3OS. The molecule has 1 aromatic carbocycles. The molecule has 0 radical (unpaired) electrons. The monoisotopic (exact) mass is 271 g/mol. The van der Waals surface area contributed by atoms with Crippen molar-refractivity contribution in [3.05, 3.63) is 28.8 Å². The number of thiocarbonyl (C=S) groups is 1. The molecule has 0 saturated heterocycles. The predicted octanol–water partition coefficient (Wildman–Crippen LogP) is 1.65. The molecule has 1 amide bonds. The number of rotatable bonds is 6. The molecule has 17 heavy (non-hydrogen) atoms. The Morgan fingerprint density at radius 2 is 2.12 bits per heavy atom. The van der Waals surface area contributed by atoms with Gasteiger partial charge in [0.05, 0.1) is 0 Å². The molecule has 0 aliphatic rings. The van der Waals surface area contributed by atoms with E-state index in [0.717, 1.165) is 5.69 Å². The number of carbonyl (C=O) groups excluding carboxylic acids is 1. The SMILES string of the molecule is NC(=O)CCCNc1ccc(Cl)cc1C(N)=S. The van der Waals surface area contributed by atoms with Crippen molar-refractivity contribution < 1.29 is 4.79 Å². The molecule has 0 saturated carbocycles. The van der Waals surface area contributed by atoms with Gasteiger partial charge in [0, 0.05) is 29.2 Å². The van der Waals surface area contributed by atoms with Gasteiger partial charge in [-0.25, -0.2) is 0 Å². The van der Waals surface area contributed by atoms with Gasteiger partial charge in [0.2, 0.25) is 5.91 Å². The molecule has 4 nitrogen and oxygen atoms in total. The number of anilines is 1. The summed E-state index contributed by atoms with van der Waals surface area (Å²) in [6, 6.07) is 5.27. The Bertz CT molecular complexity index is 437. The van der Waals surface area contributed by atoms with Crippen LogP contribution in [0.25, 0.3) is 0 Å². The minimum Gasteiger partial charge on any atom is -0.389 e. The maximum atomic E-state index is 10.6. The fraction of sp³-hybridized carbons (Fsp3) is 0.273. The average molecular weight is 272 g/mol. The van der Waals surface area contributed by atoms with Gasteiger partial charge >= 0.3 is 0 Å². The third-order valence-electron chi connectivity index (χ3n) is 2.16. The number of benzene rings is 1. The third-order valence-corrected chi connectivity index (χ3v) is 2.62. The fourth-order valence-electron chi connectivity index (χ4n) is 1.36. The smallest absolute Gasteiger partial charge is 0.217 e. The van der Waals surface area contributed by atoms with E-state index in [2.05, 4.69) is 5.32 Å². The highest BCUT2D eigenvalue weighted by atomic mass is 35.5. The van der Waals surface area contributed by atoms with Gasteiger partial charge in [-0.1, -0.05) is 23.8 Å². The molecule has 0 atom stereocenters. The highest BCUT2D eigenvalue weighted by Crippen LogP contribution is 2.20. The molecule has 1 rings (SSSR count). The molecule has 0 aliphatic carbocycles. The Morgan fingerprint density at radius 1 is 1.41 bits per heavy atom. The molecule has 0 heterocycles. The first kappa shape index (κ1) is 13.7. The number of halogens is 1. The van der Waals surface area contributed by atoms with Crippen LogP contribution in [0.5, 0.6) is 0 Å². The lowest BCUT2D eigenvalue weighted by Crippen LogP contribution is -2.15. The molecule has 0 aliphatic heterocycles. The van der Waals surface area contributed by atoms with Crippen LogP contribution in [0.3, 0.4) is 0 Å². The van der Waals surface area contributed by atoms with Crippen LogP contribution in [0, 0.1) is 0 Å². The predicted molar refractivity (Wildman–Crippen MR) is 74.3 cm³/mol. The van der Waals surface area contributed by atoms with Crippen LogP contribution in [-0.2, 0) is 4.79 Å². The van der Waals surface area contributed by atoms with Gasteiger partial charge in [-0.05, 0) is 24.6 Å². The van der Waals surface area contributed by atoms with Gasteiger partial charge in [-0.15, -0.1) is 0 Å². The first-order valence-corrected chi connectivity index (χ1v) is 5.91. The van der Waals surface area contributed by atoms with Crippen molar-refractivity contribution in [3.63, 3.8) is 0 Å². The Hall–Kier alpha value is -1.33. The van der Waals surface area contributed by atoms with Crippen molar-refractivity contribution in [1.29, 1.82) is 0 Å². The Kier molecular flexibility index (Phi) is 5.18. The van der Waals surface area contributed by atoms with E-state index in [1.807, 2.05) is 0 Å². The number of primary amides is 1. The second kappa shape index (κ2) is 6.42. The summed E-state index contributed by atoms with van der Waals surface area (Å²) in [5.74, 6) is -0.308. The third kappa shape index (κ3) is 4.58. The van der Waals surface area contributed by atoms with Crippen LogP contribution >= 0.6 is 23.8 Å². The Morgan fingerprint density at radius 3 is 2.71 bits per heavy atom. The van der Waals surface area contributed by atoms with Crippen molar-refractivity contribution in [3.8, 4) is 0 Å². The van der Waals surface area contributed by atoms with E-state index in [-0.39, 0.29) is 10.9 Å². The molecule has 0 bridgehead atoms. The van der Waals surface area contributed by atoms with Crippen molar-refractivity contribution in [2.24, 2.45) is 11.5 Å². The summed E-state index contributed by atoms with van der Waals surface area (Å²) >= 11 is 10.8. The summed E-state index contributed by atoms with van der Waals surface area (Å²) < 4.78 is 0. The van der Waals surface area contributed by atoms with Gasteiger partial charge in [-0.2, -0.15) is 0 Å². The van der Waals surface area contributed by atoms with Crippen LogP contribution in [0.2, 0.25) is 5.02 Å². The molecule has 0 unspecified atom stereocenters. The number of nitrogens with one attached hydrogen (secondary N) is 1. The van der Waals surface area contributed by atoms with Gasteiger partial charge < -0.3 is 16.8 Å². The van der Waals surface area contributed by atoms with Gasteiger partial charge in [-0.3, -0.25) is 4.79 Å². The van der Waals surface area contributed by atoms with E-state index >= 15 is 0 Å². The summed E-state index contributed by atoms with van der Waals surface area (Å²) in [7, 11) is 0. The molecule has 0 fully saturated rings. The van der Waals surface area contributed by atoms with Gasteiger partial charge in [0.15, 0.2) is 0 Å². The van der Waals surface area contributed by atoms with Crippen molar-refractivity contribution >= 4 is 40.4 Å². The van der Waals surface area contributed by atoms with Crippen LogP contribution in [0.4, 0.5) is 5.69 Å². The van der Waals surface area contributed by atoms with Gasteiger partial charge in [0.25, 0.3) is 0 Å². The Labute approximate surface area is 110 Å². The molecule has 0 aromatic heterocycles. The van der Waals surface area contributed by atoms with E-state index < -0.39 is 0 Å². The van der Waals surface area contributed by atoms with E-state index in [1.54, 1.807) is 18.2 Å². The first-order chi connectivity index (χ1) is 8.00. The lowest BCUT2D eigenvalue weighted by molar-refractivity contribution is -0.118. The topological polar surface area (TPSA) is 81.1 Å². The van der Waals surface area contributed by atoms with Crippen molar-refractivity contribution in [1.82, 2.24) is 0 Å². The Balaban J connectivity index is 2.64. The second-order valence-corrected chi connectivity index (χ2v) is 4.43. The highest BCUT2D eigenvalue weighted by molar-refractivity contribution is 7.80. The summed E-state index contributed by atoms with van der Waals surface area (Å²) in [5.41, 5.74) is 12.2. The number of carbonyl (C=O) groups is 1. The molecule has 92 valence electrons. The van der Waals surface area contributed by atoms with Gasteiger partial charge in [0.1, 0.15) is 4.99 Å². The normalized spacial score (nSPS) is 9.94. The minimum absolute atomic E-state index is 0.282. The summed E-state index contributed by atoms with van der Waals surface area (Å²) in [5, 5.41) is 3.72. The molecule has 1 aromatic rings. The summed E-state index contributed by atoms with van der Waals surface area (Å²) in [6.45, 7) is 0.625. The maximum absolute atomic E-state index is 10.6. The maximum Gasteiger partial charge on any atom is 0.217 e.